The fourth-order valence-corrected chi connectivity index (χ4v) is 1.98. The average molecular weight is 308 g/mol. The molecule has 2 aromatic carbocycles. The molecule has 0 saturated carbocycles. The van der Waals surface area contributed by atoms with Crippen molar-refractivity contribution in [2.45, 2.75) is 19.6 Å². The Kier molecular flexibility index (Phi) is 4.77. The van der Waals surface area contributed by atoms with E-state index in [-0.39, 0.29) is 12.3 Å². The molecule has 0 fully saturated rings. The van der Waals surface area contributed by atoms with Gasteiger partial charge >= 0.3 is 0 Å². The molecule has 5 nitrogen and oxygen atoms in total. The van der Waals surface area contributed by atoms with Gasteiger partial charge in [0.15, 0.2) is 0 Å². The van der Waals surface area contributed by atoms with Gasteiger partial charge in [0.2, 0.25) is 0 Å². The van der Waals surface area contributed by atoms with Crippen molar-refractivity contribution in [3.63, 3.8) is 0 Å². The van der Waals surface area contributed by atoms with Crippen molar-refractivity contribution in [2.24, 2.45) is 0 Å². The van der Waals surface area contributed by atoms with Crippen molar-refractivity contribution < 1.29 is 14.8 Å². The van der Waals surface area contributed by atoms with Crippen LogP contribution in [-0.2, 0) is 6.61 Å². The quantitative estimate of drug-likeness (QED) is 0.672. The molecular weight excluding hydrogens is 294 g/mol. The Hall–Kier alpha value is -2.11. The Morgan fingerprint density at radius 1 is 1.29 bits per heavy atom. The number of nitrogens with zero attached hydrogens (tertiary/aromatic N) is 1. The summed E-state index contributed by atoms with van der Waals surface area (Å²) in [6, 6.07) is 11.3. The zero-order valence-electron chi connectivity index (χ0n) is 11.3. The summed E-state index contributed by atoms with van der Waals surface area (Å²) in [5.74, 6) is 0.422. The van der Waals surface area contributed by atoms with E-state index in [2.05, 4.69) is 0 Å². The first-order valence-corrected chi connectivity index (χ1v) is 6.69. The number of aliphatic hydroxyl groups is 1. The van der Waals surface area contributed by atoms with Gasteiger partial charge in [-0.1, -0.05) is 23.7 Å². The first-order valence-electron chi connectivity index (χ1n) is 6.31. The van der Waals surface area contributed by atoms with Crippen LogP contribution in [0.4, 0.5) is 5.69 Å². The second-order valence-corrected chi connectivity index (χ2v) is 5.01. The third-order valence-corrected chi connectivity index (χ3v) is 3.21. The SMILES string of the molecule is C[C@@H](O)c1cc([N+](=O)[O-])ccc1OCc1ccc(Cl)cc1. The predicted octanol–water partition coefficient (Wildman–Crippen LogP) is 3.88. The molecule has 0 aromatic heterocycles. The highest BCUT2D eigenvalue weighted by Crippen LogP contribution is 2.30. The van der Waals surface area contributed by atoms with E-state index in [4.69, 9.17) is 16.3 Å². The lowest BCUT2D eigenvalue weighted by molar-refractivity contribution is -0.385. The van der Waals surface area contributed by atoms with Gasteiger partial charge in [0.05, 0.1) is 11.0 Å². The lowest BCUT2D eigenvalue weighted by Gasteiger charge is -2.13. The Balaban J connectivity index is 2.19. The van der Waals surface area contributed by atoms with Crippen LogP contribution in [0.1, 0.15) is 24.2 Å². The maximum atomic E-state index is 10.8. The number of nitro benzene ring substituents is 1. The van der Waals surface area contributed by atoms with Crippen molar-refractivity contribution in [1.82, 2.24) is 0 Å². The highest BCUT2D eigenvalue weighted by molar-refractivity contribution is 6.30. The monoisotopic (exact) mass is 307 g/mol. The summed E-state index contributed by atoms with van der Waals surface area (Å²) in [5.41, 5.74) is 1.22. The summed E-state index contributed by atoms with van der Waals surface area (Å²) in [6.45, 7) is 1.82. The Bertz CT molecular complexity index is 641. The van der Waals surface area contributed by atoms with Gasteiger partial charge in [-0.3, -0.25) is 10.1 Å². The lowest BCUT2D eigenvalue weighted by atomic mass is 10.1. The summed E-state index contributed by atoms with van der Waals surface area (Å²) in [5, 5.41) is 21.1. The Morgan fingerprint density at radius 2 is 1.95 bits per heavy atom. The second-order valence-electron chi connectivity index (χ2n) is 4.57. The van der Waals surface area contributed by atoms with Gasteiger partial charge in [0.25, 0.3) is 5.69 Å². The summed E-state index contributed by atoms with van der Waals surface area (Å²) >= 11 is 5.80. The molecule has 2 rings (SSSR count). The number of hydrogen-bond acceptors (Lipinski definition) is 4. The summed E-state index contributed by atoms with van der Waals surface area (Å²) in [6.07, 6.45) is -0.856. The van der Waals surface area contributed by atoms with Gasteiger partial charge in [-0.05, 0) is 30.7 Å². The highest BCUT2D eigenvalue weighted by atomic mass is 35.5. The molecule has 1 N–H and O–H groups in total. The summed E-state index contributed by atoms with van der Waals surface area (Å²) in [7, 11) is 0. The molecule has 2 aromatic rings. The normalized spacial score (nSPS) is 12.0. The summed E-state index contributed by atoms with van der Waals surface area (Å²) in [4.78, 5) is 10.3. The molecule has 6 heteroatoms. The van der Waals surface area contributed by atoms with E-state index in [1.165, 1.54) is 25.1 Å². The maximum Gasteiger partial charge on any atom is 0.270 e. The first-order chi connectivity index (χ1) is 9.97. The molecular formula is C15H14ClNO4. The third-order valence-electron chi connectivity index (χ3n) is 2.96. The van der Waals surface area contributed by atoms with E-state index in [9.17, 15) is 15.2 Å². The van der Waals surface area contributed by atoms with E-state index in [1.807, 2.05) is 12.1 Å². The van der Waals surface area contributed by atoms with Crippen molar-refractivity contribution in [1.29, 1.82) is 0 Å². The molecule has 0 spiro atoms. The molecule has 21 heavy (non-hydrogen) atoms. The van der Waals surface area contributed by atoms with Gasteiger partial charge in [-0.25, -0.2) is 0 Å². The second kappa shape index (κ2) is 6.56. The van der Waals surface area contributed by atoms with Crippen LogP contribution < -0.4 is 4.74 Å². The van der Waals surface area contributed by atoms with E-state index in [0.717, 1.165) is 5.56 Å². The Morgan fingerprint density at radius 3 is 2.52 bits per heavy atom. The number of non-ortho nitro benzene ring substituents is 1. The van der Waals surface area contributed by atoms with Gasteiger partial charge in [0.1, 0.15) is 12.4 Å². The molecule has 0 saturated heterocycles. The van der Waals surface area contributed by atoms with E-state index in [0.29, 0.717) is 16.3 Å². The van der Waals surface area contributed by atoms with Crippen LogP contribution in [-0.4, -0.2) is 10.0 Å². The minimum atomic E-state index is -0.856. The number of rotatable bonds is 5. The van der Waals surface area contributed by atoms with Crippen LogP contribution in [0, 0.1) is 10.1 Å². The third kappa shape index (κ3) is 3.93. The topological polar surface area (TPSA) is 72.6 Å². The molecule has 0 bridgehead atoms. The van der Waals surface area contributed by atoms with Gasteiger partial charge < -0.3 is 9.84 Å². The molecule has 0 aliphatic carbocycles. The zero-order chi connectivity index (χ0) is 15.4. The molecule has 110 valence electrons. The minimum Gasteiger partial charge on any atom is -0.489 e. The molecule has 0 aliphatic rings. The molecule has 0 amide bonds. The van der Waals surface area contributed by atoms with E-state index >= 15 is 0 Å². The standard InChI is InChI=1S/C15H14ClNO4/c1-10(18)14-8-13(17(19)20)6-7-15(14)21-9-11-2-4-12(16)5-3-11/h2-8,10,18H,9H2,1H3/t10-/m1/s1. The van der Waals surface area contributed by atoms with Crippen molar-refractivity contribution >= 4 is 17.3 Å². The largest absolute Gasteiger partial charge is 0.489 e. The number of hydrogen-bond donors (Lipinski definition) is 1. The van der Waals surface area contributed by atoms with Crippen LogP contribution >= 0.6 is 11.6 Å². The van der Waals surface area contributed by atoms with Crippen LogP contribution in [0.3, 0.4) is 0 Å². The van der Waals surface area contributed by atoms with E-state index < -0.39 is 11.0 Å². The van der Waals surface area contributed by atoms with Crippen LogP contribution in [0.5, 0.6) is 5.75 Å². The van der Waals surface area contributed by atoms with Crippen LogP contribution in [0.2, 0.25) is 5.02 Å². The smallest absolute Gasteiger partial charge is 0.270 e. The fourth-order valence-electron chi connectivity index (χ4n) is 1.85. The highest BCUT2D eigenvalue weighted by Gasteiger charge is 2.15. The minimum absolute atomic E-state index is 0.0789. The first kappa shape index (κ1) is 15.3. The van der Waals surface area contributed by atoms with Crippen molar-refractivity contribution in [2.75, 3.05) is 0 Å². The van der Waals surface area contributed by atoms with Crippen LogP contribution in [0.15, 0.2) is 42.5 Å². The molecule has 0 heterocycles. The molecule has 0 aliphatic heterocycles. The van der Waals surface area contributed by atoms with Crippen molar-refractivity contribution in [3.8, 4) is 5.75 Å². The number of benzene rings is 2. The lowest BCUT2D eigenvalue weighted by Crippen LogP contribution is -2.02. The van der Waals surface area contributed by atoms with Gasteiger partial charge in [0, 0.05) is 22.7 Å². The van der Waals surface area contributed by atoms with Gasteiger partial charge in [-0.2, -0.15) is 0 Å². The molecule has 1 atom stereocenters. The van der Waals surface area contributed by atoms with Gasteiger partial charge in [-0.15, -0.1) is 0 Å². The fraction of sp³-hybridized carbons (Fsp3) is 0.200. The van der Waals surface area contributed by atoms with E-state index in [1.54, 1.807) is 12.1 Å². The number of aliphatic hydroxyl groups excluding tert-OH is 1. The number of ether oxygens (including phenoxy) is 1. The maximum absolute atomic E-state index is 10.8. The predicted molar refractivity (Wildman–Crippen MR) is 79.5 cm³/mol. The van der Waals surface area contributed by atoms with Crippen molar-refractivity contribution in [3.05, 3.63) is 68.7 Å². The summed E-state index contributed by atoms with van der Waals surface area (Å²) < 4.78 is 5.63. The Labute approximate surface area is 126 Å². The van der Waals surface area contributed by atoms with Crippen LogP contribution in [0.25, 0.3) is 0 Å². The molecule has 0 unspecified atom stereocenters. The number of halogens is 1. The number of nitro groups is 1. The average Bonchev–Trinajstić information content (AvgIpc) is 2.46. The molecule has 0 radical (unpaired) electrons. The zero-order valence-corrected chi connectivity index (χ0v) is 12.1.